The largest absolute Gasteiger partial charge is 0.492 e. The Kier molecular flexibility index (Phi) is 8.67. The van der Waals surface area contributed by atoms with E-state index < -0.39 is 0 Å². The minimum absolute atomic E-state index is 0.309. The van der Waals surface area contributed by atoms with Gasteiger partial charge in [0, 0.05) is 19.8 Å². The van der Waals surface area contributed by atoms with Crippen molar-refractivity contribution in [2.24, 2.45) is 0 Å². The molecule has 1 atom stereocenters. The quantitative estimate of drug-likeness (QED) is 0.657. The van der Waals surface area contributed by atoms with Crippen molar-refractivity contribution in [3.63, 3.8) is 0 Å². The molecule has 0 aliphatic heterocycles. The van der Waals surface area contributed by atoms with Gasteiger partial charge in [0.2, 0.25) is 0 Å². The van der Waals surface area contributed by atoms with E-state index in [1.165, 1.54) is 5.56 Å². The summed E-state index contributed by atoms with van der Waals surface area (Å²) in [6.07, 6.45) is 3.10. The fraction of sp³-hybridized carbons (Fsp3) is 0.625. The number of unbranched alkanes of at least 4 members (excludes halogenated alkanes) is 1. The number of methoxy groups -OCH3 is 1. The average Bonchev–Trinajstić information content (AvgIpc) is 2.46. The van der Waals surface area contributed by atoms with E-state index in [-0.39, 0.29) is 0 Å². The molecule has 0 aliphatic rings. The van der Waals surface area contributed by atoms with Crippen molar-refractivity contribution in [3.05, 3.63) is 28.8 Å². The molecule has 0 heterocycles. The first-order valence-electron chi connectivity index (χ1n) is 7.33. The smallest absolute Gasteiger partial charge is 0.137 e. The summed E-state index contributed by atoms with van der Waals surface area (Å²) < 4.78 is 10.7. The molecule has 1 rings (SSSR count). The van der Waals surface area contributed by atoms with Gasteiger partial charge in [0.1, 0.15) is 5.75 Å². The monoisotopic (exact) mass is 299 g/mol. The van der Waals surface area contributed by atoms with Gasteiger partial charge < -0.3 is 14.8 Å². The lowest BCUT2D eigenvalue weighted by molar-refractivity contribution is 0.184. The van der Waals surface area contributed by atoms with Crippen molar-refractivity contribution < 1.29 is 9.47 Å². The number of hydrogen-bond acceptors (Lipinski definition) is 3. The normalized spacial score (nSPS) is 12.4. The van der Waals surface area contributed by atoms with Crippen LogP contribution in [0.2, 0.25) is 5.02 Å². The topological polar surface area (TPSA) is 30.5 Å². The maximum atomic E-state index is 6.27. The Morgan fingerprint density at radius 1 is 1.25 bits per heavy atom. The first kappa shape index (κ1) is 17.3. The Labute approximate surface area is 127 Å². The van der Waals surface area contributed by atoms with Crippen LogP contribution in [0.4, 0.5) is 0 Å². The number of hydrogen-bond donors (Lipinski definition) is 1. The standard InChI is InChI=1S/C16H26ClNO2/c1-4-9-18-13(2)14-7-8-16(15(17)12-14)20-11-6-5-10-19-3/h7-8,12-13,18H,4-6,9-11H2,1-3H3. The lowest BCUT2D eigenvalue weighted by Gasteiger charge is -2.15. The highest BCUT2D eigenvalue weighted by atomic mass is 35.5. The molecule has 20 heavy (non-hydrogen) atoms. The zero-order chi connectivity index (χ0) is 14.8. The third-order valence-electron chi connectivity index (χ3n) is 3.16. The van der Waals surface area contributed by atoms with Crippen molar-refractivity contribution >= 4 is 11.6 Å². The zero-order valence-electron chi connectivity index (χ0n) is 12.7. The van der Waals surface area contributed by atoms with Crippen LogP contribution < -0.4 is 10.1 Å². The van der Waals surface area contributed by atoms with Gasteiger partial charge in [0.05, 0.1) is 11.6 Å². The van der Waals surface area contributed by atoms with Crippen LogP contribution in [0, 0.1) is 0 Å². The molecule has 0 amide bonds. The Hall–Kier alpha value is -0.770. The summed E-state index contributed by atoms with van der Waals surface area (Å²) in [6, 6.07) is 6.32. The zero-order valence-corrected chi connectivity index (χ0v) is 13.5. The van der Waals surface area contributed by atoms with Gasteiger partial charge in [-0.2, -0.15) is 0 Å². The third kappa shape index (κ3) is 6.12. The van der Waals surface area contributed by atoms with Gasteiger partial charge in [0.15, 0.2) is 0 Å². The molecule has 3 nitrogen and oxygen atoms in total. The van der Waals surface area contributed by atoms with E-state index in [9.17, 15) is 0 Å². The van der Waals surface area contributed by atoms with Crippen molar-refractivity contribution in [1.82, 2.24) is 5.32 Å². The van der Waals surface area contributed by atoms with Crippen LogP contribution in [-0.2, 0) is 4.74 Å². The Morgan fingerprint density at radius 3 is 2.65 bits per heavy atom. The summed E-state index contributed by atoms with van der Waals surface area (Å²) in [7, 11) is 1.71. The lowest BCUT2D eigenvalue weighted by atomic mass is 10.1. The van der Waals surface area contributed by atoms with Crippen LogP contribution >= 0.6 is 11.6 Å². The highest BCUT2D eigenvalue weighted by Gasteiger charge is 2.08. The van der Waals surface area contributed by atoms with Crippen LogP contribution in [0.3, 0.4) is 0 Å². The molecule has 0 fully saturated rings. The minimum atomic E-state index is 0.309. The van der Waals surface area contributed by atoms with E-state index in [1.807, 2.05) is 12.1 Å². The fourth-order valence-corrected chi connectivity index (χ4v) is 2.16. The molecule has 0 aliphatic carbocycles. The summed E-state index contributed by atoms with van der Waals surface area (Å²) in [4.78, 5) is 0. The highest BCUT2D eigenvalue weighted by molar-refractivity contribution is 6.32. The summed E-state index contributed by atoms with van der Waals surface area (Å²) in [6.45, 7) is 6.76. The van der Waals surface area contributed by atoms with Gasteiger partial charge in [-0.05, 0) is 50.4 Å². The van der Waals surface area contributed by atoms with Crippen LogP contribution in [-0.4, -0.2) is 26.9 Å². The molecule has 0 saturated heterocycles. The average molecular weight is 300 g/mol. The molecule has 1 N–H and O–H groups in total. The van der Waals surface area contributed by atoms with Gasteiger partial charge in [-0.3, -0.25) is 0 Å². The van der Waals surface area contributed by atoms with E-state index >= 15 is 0 Å². The predicted octanol–water partition coefficient (Wildman–Crippen LogP) is 4.21. The second-order valence-corrected chi connectivity index (χ2v) is 5.32. The van der Waals surface area contributed by atoms with Crippen molar-refractivity contribution in [2.45, 2.75) is 39.2 Å². The molecule has 1 unspecified atom stereocenters. The SMILES string of the molecule is CCCNC(C)c1ccc(OCCCCOC)c(Cl)c1. The first-order valence-corrected chi connectivity index (χ1v) is 7.71. The predicted molar refractivity (Wildman–Crippen MR) is 84.8 cm³/mol. The molecule has 0 saturated carbocycles. The Morgan fingerprint density at radius 2 is 2.00 bits per heavy atom. The summed E-state index contributed by atoms with van der Waals surface area (Å²) in [5, 5.41) is 4.13. The third-order valence-corrected chi connectivity index (χ3v) is 3.45. The fourth-order valence-electron chi connectivity index (χ4n) is 1.91. The van der Waals surface area contributed by atoms with Gasteiger partial charge >= 0.3 is 0 Å². The molecule has 0 aromatic heterocycles. The molecule has 0 spiro atoms. The van der Waals surface area contributed by atoms with Gasteiger partial charge in [-0.1, -0.05) is 24.6 Å². The molecule has 1 aromatic rings. The second-order valence-electron chi connectivity index (χ2n) is 4.91. The van der Waals surface area contributed by atoms with E-state index in [4.69, 9.17) is 21.1 Å². The molecular weight excluding hydrogens is 274 g/mol. The van der Waals surface area contributed by atoms with E-state index in [0.29, 0.717) is 17.7 Å². The second kappa shape index (κ2) is 10.0. The summed E-state index contributed by atoms with van der Waals surface area (Å²) >= 11 is 6.27. The van der Waals surface area contributed by atoms with Gasteiger partial charge in [-0.15, -0.1) is 0 Å². The number of halogens is 1. The molecule has 4 heteroatoms. The Bertz CT molecular complexity index is 385. The van der Waals surface area contributed by atoms with Gasteiger partial charge in [-0.25, -0.2) is 0 Å². The van der Waals surface area contributed by atoms with Crippen molar-refractivity contribution in [3.8, 4) is 5.75 Å². The summed E-state index contributed by atoms with van der Waals surface area (Å²) in [5.41, 5.74) is 1.19. The summed E-state index contributed by atoms with van der Waals surface area (Å²) in [5.74, 6) is 0.760. The lowest BCUT2D eigenvalue weighted by Crippen LogP contribution is -2.19. The molecule has 0 radical (unpaired) electrons. The molecule has 114 valence electrons. The molecule has 1 aromatic carbocycles. The van der Waals surface area contributed by atoms with Crippen molar-refractivity contribution in [2.75, 3.05) is 26.9 Å². The van der Waals surface area contributed by atoms with Crippen LogP contribution in [0.15, 0.2) is 18.2 Å². The Balaban J connectivity index is 2.46. The van der Waals surface area contributed by atoms with E-state index in [2.05, 4.69) is 25.2 Å². The van der Waals surface area contributed by atoms with Crippen LogP contribution in [0.5, 0.6) is 5.75 Å². The van der Waals surface area contributed by atoms with E-state index in [0.717, 1.165) is 38.2 Å². The number of rotatable bonds is 10. The van der Waals surface area contributed by atoms with Crippen LogP contribution in [0.25, 0.3) is 0 Å². The first-order chi connectivity index (χ1) is 9.69. The van der Waals surface area contributed by atoms with Crippen molar-refractivity contribution in [1.29, 1.82) is 0 Å². The molecule has 0 bridgehead atoms. The van der Waals surface area contributed by atoms with Gasteiger partial charge in [0.25, 0.3) is 0 Å². The highest BCUT2D eigenvalue weighted by Crippen LogP contribution is 2.28. The van der Waals surface area contributed by atoms with E-state index in [1.54, 1.807) is 7.11 Å². The minimum Gasteiger partial charge on any atom is -0.492 e. The molecular formula is C16H26ClNO2. The maximum absolute atomic E-state index is 6.27. The maximum Gasteiger partial charge on any atom is 0.137 e. The number of nitrogens with one attached hydrogen (secondary N) is 1. The number of benzene rings is 1. The van der Waals surface area contributed by atoms with Crippen LogP contribution in [0.1, 0.15) is 44.7 Å². The number of ether oxygens (including phenoxy) is 2.